The van der Waals surface area contributed by atoms with E-state index in [1.54, 1.807) is 6.92 Å². The third-order valence-electron chi connectivity index (χ3n) is 3.44. The molecular formula is C13H13BrClF3N2O. The van der Waals surface area contributed by atoms with Crippen LogP contribution in [0.5, 0.6) is 0 Å². The van der Waals surface area contributed by atoms with Crippen LogP contribution >= 0.6 is 27.5 Å². The Balaban J connectivity index is 2.30. The zero-order valence-electron chi connectivity index (χ0n) is 11.1. The number of aromatic nitrogens is 1. The molecule has 1 aliphatic carbocycles. The van der Waals surface area contributed by atoms with E-state index < -0.39 is 24.7 Å². The van der Waals surface area contributed by atoms with Crippen molar-refractivity contribution in [2.45, 2.75) is 32.0 Å². The van der Waals surface area contributed by atoms with Gasteiger partial charge in [-0.05, 0) is 47.7 Å². The highest BCUT2D eigenvalue weighted by molar-refractivity contribution is 9.10. The molecule has 1 aliphatic rings. The number of rotatable bonds is 4. The van der Waals surface area contributed by atoms with Gasteiger partial charge in [0.05, 0.1) is 5.56 Å². The topological polar surface area (TPSA) is 33.2 Å². The molecule has 0 aromatic carbocycles. The molecule has 21 heavy (non-hydrogen) atoms. The van der Waals surface area contributed by atoms with Crippen molar-refractivity contribution in [2.75, 3.05) is 6.54 Å². The number of hydrogen-bond donors (Lipinski definition) is 0. The molecule has 1 fully saturated rings. The quantitative estimate of drug-likeness (QED) is 0.724. The lowest BCUT2D eigenvalue weighted by molar-refractivity contribution is -0.144. The van der Waals surface area contributed by atoms with Crippen LogP contribution in [0, 0.1) is 5.92 Å². The smallest absolute Gasteiger partial charge is 0.326 e. The van der Waals surface area contributed by atoms with Crippen molar-refractivity contribution in [3.05, 3.63) is 27.5 Å². The van der Waals surface area contributed by atoms with Gasteiger partial charge in [-0.3, -0.25) is 4.79 Å². The van der Waals surface area contributed by atoms with Gasteiger partial charge in [0.15, 0.2) is 0 Å². The fraction of sp³-hybridized carbons (Fsp3) is 0.538. The fourth-order valence-electron chi connectivity index (χ4n) is 2.15. The lowest BCUT2D eigenvalue weighted by atomic mass is 10.1. The maximum atomic E-state index is 12.8. The largest absolute Gasteiger partial charge is 0.406 e. The van der Waals surface area contributed by atoms with Crippen LogP contribution < -0.4 is 0 Å². The van der Waals surface area contributed by atoms with Gasteiger partial charge >= 0.3 is 6.18 Å². The van der Waals surface area contributed by atoms with Crippen molar-refractivity contribution in [1.29, 1.82) is 0 Å². The van der Waals surface area contributed by atoms with Crippen LogP contribution in [0.2, 0.25) is 5.15 Å². The Morgan fingerprint density at radius 3 is 2.71 bits per heavy atom. The molecule has 1 saturated carbocycles. The molecule has 2 rings (SSSR count). The van der Waals surface area contributed by atoms with E-state index in [2.05, 4.69) is 20.9 Å². The third kappa shape index (κ3) is 4.32. The van der Waals surface area contributed by atoms with Crippen LogP contribution in [-0.4, -0.2) is 34.6 Å². The average Bonchev–Trinajstić information content (AvgIpc) is 3.20. The Morgan fingerprint density at radius 1 is 1.57 bits per heavy atom. The molecule has 0 N–H and O–H groups in total. The van der Waals surface area contributed by atoms with Crippen LogP contribution in [0.3, 0.4) is 0 Å². The molecule has 3 nitrogen and oxygen atoms in total. The molecule has 1 amide bonds. The summed E-state index contributed by atoms with van der Waals surface area (Å²) in [4.78, 5) is 17.1. The summed E-state index contributed by atoms with van der Waals surface area (Å²) >= 11 is 8.98. The van der Waals surface area contributed by atoms with E-state index in [1.165, 1.54) is 12.3 Å². The minimum atomic E-state index is -4.45. The van der Waals surface area contributed by atoms with Crippen molar-refractivity contribution in [3.63, 3.8) is 0 Å². The van der Waals surface area contributed by atoms with Gasteiger partial charge in [-0.15, -0.1) is 0 Å². The molecule has 0 bridgehead atoms. The molecule has 1 aromatic heterocycles. The molecule has 0 saturated heterocycles. The summed E-state index contributed by atoms with van der Waals surface area (Å²) < 4.78 is 38.7. The molecular weight excluding hydrogens is 373 g/mol. The molecule has 1 heterocycles. The number of alkyl halides is 3. The van der Waals surface area contributed by atoms with Crippen molar-refractivity contribution >= 4 is 33.4 Å². The summed E-state index contributed by atoms with van der Waals surface area (Å²) in [6.45, 7) is 0.354. The maximum absolute atomic E-state index is 12.8. The predicted molar refractivity (Wildman–Crippen MR) is 76.2 cm³/mol. The molecule has 1 atom stereocenters. The van der Waals surface area contributed by atoms with Gasteiger partial charge in [0.2, 0.25) is 0 Å². The summed E-state index contributed by atoms with van der Waals surface area (Å²) in [5, 5.41) is -0.0987. The maximum Gasteiger partial charge on any atom is 0.406 e. The minimum Gasteiger partial charge on any atom is -0.326 e. The van der Waals surface area contributed by atoms with Crippen LogP contribution in [0.25, 0.3) is 0 Å². The second kappa shape index (κ2) is 6.12. The molecule has 116 valence electrons. The highest BCUT2D eigenvalue weighted by atomic mass is 79.9. The van der Waals surface area contributed by atoms with Gasteiger partial charge in [0.1, 0.15) is 11.7 Å². The minimum absolute atomic E-state index is 0.0252. The first-order valence-electron chi connectivity index (χ1n) is 6.38. The molecule has 8 heteroatoms. The van der Waals surface area contributed by atoms with Crippen LogP contribution in [0.15, 0.2) is 16.7 Å². The monoisotopic (exact) mass is 384 g/mol. The van der Waals surface area contributed by atoms with E-state index in [0.717, 1.165) is 17.7 Å². The summed E-state index contributed by atoms with van der Waals surface area (Å²) in [6, 6.07) is 0.912. The van der Waals surface area contributed by atoms with Gasteiger partial charge in [-0.2, -0.15) is 13.2 Å². The SMILES string of the molecule is CC(C1CC1)N(CC(F)(F)F)C(=O)c1cc(Br)cnc1Cl. The van der Waals surface area contributed by atoms with E-state index in [9.17, 15) is 18.0 Å². The van der Waals surface area contributed by atoms with Crippen molar-refractivity contribution in [1.82, 2.24) is 9.88 Å². The zero-order chi connectivity index (χ0) is 15.8. The predicted octanol–water partition coefficient (Wildman–Crippen LogP) is 4.30. The average molecular weight is 386 g/mol. The van der Waals surface area contributed by atoms with E-state index in [0.29, 0.717) is 4.47 Å². The first-order valence-corrected chi connectivity index (χ1v) is 7.55. The van der Waals surface area contributed by atoms with Crippen LogP contribution in [0.4, 0.5) is 13.2 Å². The van der Waals surface area contributed by atoms with Crippen molar-refractivity contribution in [2.24, 2.45) is 5.92 Å². The van der Waals surface area contributed by atoms with Crippen molar-refractivity contribution in [3.8, 4) is 0 Å². The van der Waals surface area contributed by atoms with E-state index in [1.807, 2.05) is 0 Å². The van der Waals surface area contributed by atoms with Gasteiger partial charge in [-0.1, -0.05) is 11.6 Å². The summed E-state index contributed by atoms with van der Waals surface area (Å²) in [5.74, 6) is -0.624. The zero-order valence-corrected chi connectivity index (χ0v) is 13.5. The number of carbonyl (C=O) groups is 1. The van der Waals surface area contributed by atoms with Gasteiger partial charge in [-0.25, -0.2) is 4.98 Å². The Labute approximate surface area is 133 Å². The first-order chi connectivity index (χ1) is 9.69. The number of pyridine rings is 1. The summed E-state index contributed by atoms with van der Waals surface area (Å²) in [7, 11) is 0. The Bertz CT molecular complexity index is 549. The van der Waals surface area contributed by atoms with Crippen LogP contribution in [0.1, 0.15) is 30.1 Å². The molecule has 0 radical (unpaired) electrons. The molecule has 0 spiro atoms. The Kier molecular flexibility index (Phi) is 4.82. The second-order valence-electron chi connectivity index (χ2n) is 5.12. The van der Waals surface area contributed by atoms with Gasteiger partial charge in [0.25, 0.3) is 5.91 Å². The van der Waals surface area contributed by atoms with Crippen LogP contribution in [-0.2, 0) is 0 Å². The number of nitrogens with zero attached hydrogens (tertiary/aromatic N) is 2. The lowest BCUT2D eigenvalue weighted by Gasteiger charge is -2.30. The first kappa shape index (κ1) is 16.5. The number of halogens is 5. The van der Waals surface area contributed by atoms with Crippen molar-refractivity contribution < 1.29 is 18.0 Å². The standard InChI is InChI=1S/C13H13BrClF3N2O/c1-7(8-2-3-8)20(6-13(16,17)18)12(21)10-4-9(14)5-19-11(10)15/h4-5,7-8H,2-3,6H2,1H3. The van der Waals surface area contributed by atoms with Gasteiger partial charge in [0, 0.05) is 16.7 Å². The summed E-state index contributed by atoms with van der Waals surface area (Å²) in [5.41, 5.74) is -0.0252. The van der Waals surface area contributed by atoms with Gasteiger partial charge < -0.3 is 4.90 Å². The summed E-state index contributed by atoms with van der Waals surface area (Å²) in [6.07, 6.45) is -1.39. The number of carbonyl (C=O) groups excluding carboxylic acids is 1. The fourth-order valence-corrected chi connectivity index (χ4v) is 2.67. The molecule has 1 unspecified atom stereocenters. The normalized spacial score (nSPS) is 16.7. The van der Waals surface area contributed by atoms with E-state index >= 15 is 0 Å². The highest BCUT2D eigenvalue weighted by Gasteiger charge is 2.41. The highest BCUT2D eigenvalue weighted by Crippen LogP contribution is 2.37. The number of hydrogen-bond acceptors (Lipinski definition) is 2. The van der Waals surface area contributed by atoms with E-state index in [-0.39, 0.29) is 16.6 Å². The second-order valence-corrected chi connectivity index (χ2v) is 6.39. The third-order valence-corrected chi connectivity index (χ3v) is 4.18. The van der Waals surface area contributed by atoms with E-state index in [4.69, 9.17) is 11.6 Å². The molecule has 1 aromatic rings. The Morgan fingerprint density at radius 2 is 2.19 bits per heavy atom. The Hall–Kier alpha value is -0.820. The lowest BCUT2D eigenvalue weighted by Crippen LogP contribution is -2.45. The molecule has 0 aliphatic heterocycles. The number of amides is 1.